The zero-order valence-corrected chi connectivity index (χ0v) is 11.1. The minimum Gasteiger partial charge on any atom is -0.452 e. The summed E-state index contributed by atoms with van der Waals surface area (Å²) >= 11 is 3.18. The predicted octanol–water partition coefficient (Wildman–Crippen LogP) is 2.96. The largest absolute Gasteiger partial charge is 0.452 e. The van der Waals surface area contributed by atoms with Gasteiger partial charge in [0, 0.05) is 12.5 Å². The standard InChI is InChI=1S/C13H13BrFNO2/c14-12-6-5-11(18-12)13(17)10(7-16)8-1-3-9(15)4-2-8/h1-6,10,13,17H,7,16H2. The quantitative estimate of drug-likeness (QED) is 0.912. The smallest absolute Gasteiger partial charge is 0.169 e. The van der Waals surface area contributed by atoms with E-state index in [1.54, 1.807) is 24.3 Å². The van der Waals surface area contributed by atoms with E-state index in [2.05, 4.69) is 15.9 Å². The molecule has 0 saturated heterocycles. The van der Waals surface area contributed by atoms with Gasteiger partial charge in [-0.1, -0.05) is 12.1 Å². The first-order valence-corrected chi connectivity index (χ1v) is 6.30. The van der Waals surface area contributed by atoms with Crippen LogP contribution in [0.3, 0.4) is 0 Å². The Morgan fingerprint density at radius 1 is 1.22 bits per heavy atom. The number of rotatable bonds is 4. The van der Waals surface area contributed by atoms with Crippen LogP contribution in [0.5, 0.6) is 0 Å². The van der Waals surface area contributed by atoms with Gasteiger partial charge in [0.15, 0.2) is 4.67 Å². The highest BCUT2D eigenvalue weighted by Crippen LogP contribution is 2.32. The van der Waals surface area contributed by atoms with Crippen molar-refractivity contribution in [2.24, 2.45) is 5.73 Å². The van der Waals surface area contributed by atoms with Gasteiger partial charge in [-0.15, -0.1) is 0 Å². The van der Waals surface area contributed by atoms with Crippen LogP contribution in [0.15, 0.2) is 45.5 Å². The first-order chi connectivity index (χ1) is 8.61. The third-order valence-corrected chi connectivity index (χ3v) is 3.24. The summed E-state index contributed by atoms with van der Waals surface area (Å²) in [5.74, 6) is -0.213. The highest BCUT2D eigenvalue weighted by molar-refractivity contribution is 9.10. The summed E-state index contributed by atoms with van der Waals surface area (Å²) in [5, 5.41) is 10.2. The number of hydrogen-bond acceptors (Lipinski definition) is 3. The first kappa shape index (κ1) is 13.3. The highest BCUT2D eigenvalue weighted by Gasteiger charge is 2.24. The maximum Gasteiger partial charge on any atom is 0.169 e. The summed E-state index contributed by atoms with van der Waals surface area (Å²) < 4.78 is 18.7. The van der Waals surface area contributed by atoms with Crippen LogP contribution in [0.4, 0.5) is 4.39 Å². The SMILES string of the molecule is NCC(c1ccc(F)cc1)C(O)c1ccc(Br)o1. The van der Waals surface area contributed by atoms with Crippen molar-refractivity contribution in [1.29, 1.82) is 0 Å². The molecule has 1 heterocycles. The van der Waals surface area contributed by atoms with Crippen LogP contribution in [-0.4, -0.2) is 11.7 Å². The van der Waals surface area contributed by atoms with Crippen LogP contribution in [0.1, 0.15) is 23.3 Å². The predicted molar refractivity (Wildman–Crippen MR) is 69.6 cm³/mol. The number of benzene rings is 1. The third-order valence-electron chi connectivity index (χ3n) is 2.82. The van der Waals surface area contributed by atoms with E-state index in [1.165, 1.54) is 12.1 Å². The van der Waals surface area contributed by atoms with Crippen LogP contribution in [-0.2, 0) is 0 Å². The second-order valence-corrected chi connectivity index (χ2v) is 4.76. The van der Waals surface area contributed by atoms with E-state index < -0.39 is 6.10 Å². The summed E-state index contributed by atoms with van der Waals surface area (Å²) in [6.07, 6.45) is -0.855. The van der Waals surface area contributed by atoms with Crippen molar-refractivity contribution in [1.82, 2.24) is 0 Å². The number of hydrogen-bond donors (Lipinski definition) is 2. The molecule has 5 heteroatoms. The van der Waals surface area contributed by atoms with Crippen LogP contribution in [0, 0.1) is 5.82 Å². The van der Waals surface area contributed by atoms with Crippen LogP contribution in [0.2, 0.25) is 0 Å². The number of furan rings is 1. The van der Waals surface area contributed by atoms with E-state index in [4.69, 9.17) is 10.2 Å². The van der Waals surface area contributed by atoms with Gasteiger partial charge in [0.25, 0.3) is 0 Å². The molecule has 0 fully saturated rings. The molecule has 1 aromatic carbocycles. The molecule has 0 aliphatic heterocycles. The first-order valence-electron chi connectivity index (χ1n) is 5.50. The van der Waals surface area contributed by atoms with Gasteiger partial charge in [0.2, 0.25) is 0 Å². The molecule has 2 unspecified atom stereocenters. The van der Waals surface area contributed by atoms with Gasteiger partial charge in [-0.2, -0.15) is 0 Å². The number of aliphatic hydroxyl groups excluding tert-OH is 1. The topological polar surface area (TPSA) is 59.4 Å². The average molecular weight is 314 g/mol. The molecule has 0 bridgehead atoms. The lowest BCUT2D eigenvalue weighted by atomic mass is 9.92. The summed E-state index contributed by atoms with van der Waals surface area (Å²) in [6.45, 7) is 0.241. The molecule has 0 radical (unpaired) electrons. The zero-order valence-electron chi connectivity index (χ0n) is 9.51. The van der Waals surface area contributed by atoms with Gasteiger partial charge < -0.3 is 15.3 Å². The summed E-state index contributed by atoms with van der Waals surface area (Å²) in [5.41, 5.74) is 6.46. The maximum absolute atomic E-state index is 12.9. The second-order valence-electron chi connectivity index (χ2n) is 3.98. The third kappa shape index (κ3) is 2.80. The minimum absolute atomic E-state index is 0.241. The molecule has 2 aromatic rings. The molecule has 0 aliphatic carbocycles. The molecular formula is C13H13BrFNO2. The van der Waals surface area contributed by atoms with Crippen molar-refractivity contribution >= 4 is 15.9 Å². The molecule has 2 rings (SSSR count). The van der Waals surface area contributed by atoms with Gasteiger partial charge in [0.1, 0.15) is 17.7 Å². The van der Waals surface area contributed by atoms with E-state index in [0.29, 0.717) is 10.4 Å². The number of halogens is 2. The van der Waals surface area contributed by atoms with Crippen molar-refractivity contribution in [2.45, 2.75) is 12.0 Å². The molecule has 0 spiro atoms. The number of nitrogens with two attached hydrogens (primary N) is 1. The summed E-state index contributed by atoms with van der Waals surface area (Å²) in [6, 6.07) is 9.32. The van der Waals surface area contributed by atoms with E-state index >= 15 is 0 Å². The highest BCUT2D eigenvalue weighted by atomic mass is 79.9. The van der Waals surface area contributed by atoms with Crippen molar-refractivity contribution in [3.8, 4) is 0 Å². The van der Waals surface area contributed by atoms with E-state index in [9.17, 15) is 9.50 Å². The monoisotopic (exact) mass is 313 g/mol. The maximum atomic E-state index is 12.9. The molecule has 3 N–H and O–H groups in total. The Hall–Kier alpha value is -1.17. The molecule has 96 valence electrons. The average Bonchev–Trinajstić information content (AvgIpc) is 2.79. The summed E-state index contributed by atoms with van der Waals surface area (Å²) in [7, 11) is 0. The van der Waals surface area contributed by atoms with Crippen LogP contribution < -0.4 is 5.73 Å². The Kier molecular flexibility index (Phi) is 4.16. The van der Waals surface area contributed by atoms with Gasteiger partial charge >= 0.3 is 0 Å². The van der Waals surface area contributed by atoms with Gasteiger partial charge in [-0.25, -0.2) is 4.39 Å². The molecule has 18 heavy (non-hydrogen) atoms. The van der Waals surface area contributed by atoms with Crippen molar-refractivity contribution in [3.63, 3.8) is 0 Å². The van der Waals surface area contributed by atoms with E-state index in [1.807, 2.05) is 0 Å². The lowest BCUT2D eigenvalue weighted by Gasteiger charge is -2.20. The second kappa shape index (κ2) is 5.65. The van der Waals surface area contributed by atoms with Crippen molar-refractivity contribution < 1.29 is 13.9 Å². The molecule has 0 saturated carbocycles. The fourth-order valence-electron chi connectivity index (χ4n) is 1.84. The molecule has 0 aliphatic rings. The van der Waals surface area contributed by atoms with Gasteiger partial charge in [0.05, 0.1) is 0 Å². The molecular weight excluding hydrogens is 301 g/mol. The van der Waals surface area contributed by atoms with Crippen molar-refractivity contribution in [3.05, 3.63) is 58.2 Å². The van der Waals surface area contributed by atoms with Crippen LogP contribution >= 0.6 is 15.9 Å². The zero-order chi connectivity index (χ0) is 13.1. The molecule has 0 amide bonds. The molecule has 3 nitrogen and oxygen atoms in total. The molecule has 2 atom stereocenters. The lowest BCUT2D eigenvalue weighted by molar-refractivity contribution is 0.120. The normalized spacial score (nSPS) is 14.4. The van der Waals surface area contributed by atoms with Gasteiger partial charge in [-0.05, 0) is 45.8 Å². The summed E-state index contributed by atoms with van der Waals surface area (Å²) in [4.78, 5) is 0. The fourth-order valence-corrected chi connectivity index (χ4v) is 2.16. The lowest BCUT2D eigenvalue weighted by Crippen LogP contribution is -2.19. The number of aliphatic hydroxyl groups is 1. The Balaban J connectivity index is 2.25. The van der Waals surface area contributed by atoms with Gasteiger partial charge in [-0.3, -0.25) is 0 Å². The Bertz CT molecular complexity index is 512. The molecule has 1 aromatic heterocycles. The van der Waals surface area contributed by atoms with E-state index in [0.717, 1.165) is 5.56 Å². The Labute approximate surface area is 113 Å². The minimum atomic E-state index is -0.855. The van der Waals surface area contributed by atoms with E-state index in [-0.39, 0.29) is 18.3 Å². The Morgan fingerprint density at radius 3 is 2.39 bits per heavy atom. The Morgan fingerprint density at radius 2 is 1.89 bits per heavy atom. The van der Waals surface area contributed by atoms with Crippen LogP contribution in [0.25, 0.3) is 0 Å². The van der Waals surface area contributed by atoms with Crippen molar-refractivity contribution in [2.75, 3.05) is 6.54 Å². The fraction of sp³-hybridized carbons (Fsp3) is 0.231.